The lowest BCUT2D eigenvalue weighted by molar-refractivity contribution is 0.376. The van der Waals surface area contributed by atoms with Gasteiger partial charge < -0.3 is 9.84 Å². The average Bonchev–Trinajstić information content (AvgIpc) is 2.23. The Morgan fingerprint density at radius 1 is 1.13 bits per heavy atom. The Morgan fingerprint density at radius 3 is 2.53 bits per heavy atom. The molecule has 0 atom stereocenters. The molecule has 0 radical (unpaired) electrons. The number of hydrogen-bond donors (Lipinski definition) is 1. The second-order valence-corrected chi connectivity index (χ2v) is 3.74. The van der Waals surface area contributed by atoms with Crippen LogP contribution in [0.4, 0.5) is 0 Å². The number of hydrogen-bond acceptors (Lipinski definition) is 2. The largest absolute Gasteiger partial charge is 0.504 e. The van der Waals surface area contributed by atoms with E-state index in [1.54, 1.807) is 7.11 Å². The summed E-state index contributed by atoms with van der Waals surface area (Å²) in [5.74, 6) is 0.757. The normalized spacial score (nSPS) is 10.6. The Bertz CT molecular complexity index is 515. The molecule has 78 valence electrons. The summed E-state index contributed by atoms with van der Waals surface area (Å²) in [4.78, 5) is 0. The highest BCUT2D eigenvalue weighted by Gasteiger charge is 2.10. The number of phenolic OH excluding ortho intramolecular Hbond substituents is 1. The van der Waals surface area contributed by atoms with Gasteiger partial charge in [0.15, 0.2) is 11.5 Å². The van der Waals surface area contributed by atoms with Crippen LogP contribution < -0.4 is 4.74 Å². The van der Waals surface area contributed by atoms with Crippen molar-refractivity contribution in [2.45, 2.75) is 13.8 Å². The smallest absolute Gasteiger partial charge is 0.165 e. The molecule has 0 unspecified atom stereocenters. The van der Waals surface area contributed by atoms with Crippen LogP contribution in [0.1, 0.15) is 11.1 Å². The van der Waals surface area contributed by atoms with Crippen LogP contribution in [0.15, 0.2) is 24.3 Å². The Morgan fingerprint density at radius 2 is 1.87 bits per heavy atom. The van der Waals surface area contributed by atoms with Crippen molar-refractivity contribution in [2.24, 2.45) is 0 Å². The van der Waals surface area contributed by atoms with Crippen molar-refractivity contribution in [1.82, 2.24) is 0 Å². The van der Waals surface area contributed by atoms with E-state index in [1.807, 2.05) is 38.1 Å². The van der Waals surface area contributed by atoms with Crippen molar-refractivity contribution in [3.05, 3.63) is 35.4 Å². The highest BCUT2D eigenvalue weighted by atomic mass is 16.5. The van der Waals surface area contributed by atoms with E-state index in [2.05, 4.69) is 0 Å². The minimum absolute atomic E-state index is 0.224. The molecule has 15 heavy (non-hydrogen) atoms. The number of benzene rings is 2. The molecule has 0 saturated carbocycles. The van der Waals surface area contributed by atoms with Gasteiger partial charge >= 0.3 is 0 Å². The lowest BCUT2D eigenvalue weighted by Crippen LogP contribution is -1.89. The van der Waals surface area contributed by atoms with Crippen molar-refractivity contribution < 1.29 is 9.84 Å². The van der Waals surface area contributed by atoms with E-state index in [-0.39, 0.29) is 5.75 Å². The van der Waals surface area contributed by atoms with Crippen LogP contribution in [-0.2, 0) is 0 Å². The van der Waals surface area contributed by atoms with Crippen LogP contribution in [0.5, 0.6) is 11.5 Å². The summed E-state index contributed by atoms with van der Waals surface area (Å²) in [6.07, 6.45) is 0. The molecule has 0 saturated heterocycles. The molecule has 0 amide bonds. The van der Waals surface area contributed by atoms with E-state index < -0.39 is 0 Å². The molecule has 0 heterocycles. The zero-order valence-corrected chi connectivity index (χ0v) is 9.16. The molecule has 0 aliphatic heterocycles. The number of ether oxygens (including phenoxy) is 1. The third kappa shape index (κ3) is 1.42. The molecule has 2 heteroatoms. The van der Waals surface area contributed by atoms with Gasteiger partial charge in [0.25, 0.3) is 0 Å². The molecule has 0 fully saturated rings. The first-order valence-electron chi connectivity index (χ1n) is 4.91. The topological polar surface area (TPSA) is 29.5 Å². The molecule has 0 aromatic heterocycles. The van der Waals surface area contributed by atoms with Crippen molar-refractivity contribution in [3.63, 3.8) is 0 Å². The summed E-state index contributed by atoms with van der Waals surface area (Å²) < 4.78 is 5.12. The maximum atomic E-state index is 9.97. The van der Waals surface area contributed by atoms with Crippen LogP contribution in [-0.4, -0.2) is 12.2 Å². The SMILES string of the molecule is COc1cc(C)c2c(C)cccc2c1O. The zero-order valence-electron chi connectivity index (χ0n) is 9.16. The van der Waals surface area contributed by atoms with Crippen molar-refractivity contribution in [2.75, 3.05) is 7.11 Å². The average molecular weight is 202 g/mol. The van der Waals surface area contributed by atoms with Crippen LogP contribution in [0, 0.1) is 13.8 Å². The fraction of sp³-hybridized carbons (Fsp3) is 0.231. The summed E-state index contributed by atoms with van der Waals surface area (Å²) in [7, 11) is 1.57. The van der Waals surface area contributed by atoms with Crippen LogP contribution in [0.3, 0.4) is 0 Å². The van der Waals surface area contributed by atoms with Crippen molar-refractivity contribution >= 4 is 10.8 Å². The first-order chi connectivity index (χ1) is 7.15. The predicted octanol–water partition coefficient (Wildman–Crippen LogP) is 3.17. The molecule has 2 aromatic carbocycles. The lowest BCUT2D eigenvalue weighted by Gasteiger charge is -2.11. The van der Waals surface area contributed by atoms with E-state index in [4.69, 9.17) is 4.74 Å². The van der Waals surface area contributed by atoms with E-state index in [1.165, 1.54) is 5.56 Å². The fourth-order valence-corrected chi connectivity index (χ4v) is 2.01. The number of fused-ring (bicyclic) bond motifs is 1. The molecule has 2 rings (SSSR count). The highest BCUT2D eigenvalue weighted by Crippen LogP contribution is 2.37. The maximum absolute atomic E-state index is 9.97. The van der Waals surface area contributed by atoms with Gasteiger partial charge in [-0.3, -0.25) is 0 Å². The van der Waals surface area contributed by atoms with E-state index in [9.17, 15) is 5.11 Å². The highest BCUT2D eigenvalue weighted by molar-refractivity contribution is 5.95. The molecule has 0 spiro atoms. The monoisotopic (exact) mass is 202 g/mol. The van der Waals surface area contributed by atoms with Crippen molar-refractivity contribution in [1.29, 1.82) is 0 Å². The molecule has 0 bridgehead atoms. The van der Waals surface area contributed by atoms with Gasteiger partial charge in [-0.15, -0.1) is 0 Å². The zero-order chi connectivity index (χ0) is 11.0. The third-order valence-electron chi connectivity index (χ3n) is 2.72. The second kappa shape index (κ2) is 3.46. The van der Waals surface area contributed by atoms with Crippen molar-refractivity contribution in [3.8, 4) is 11.5 Å². The lowest BCUT2D eigenvalue weighted by atomic mass is 9.99. The molecule has 2 aromatic rings. The van der Waals surface area contributed by atoms with Gasteiger partial charge in [0.05, 0.1) is 7.11 Å². The first-order valence-corrected chi connectivity index (χ1v) is 4.91. The van der Waals surface area contributed by atoms with Gasteiger partial charge in [0, 0.05) is 5.39 Å². The summed E-state index contributed by atoms with van der Waals surface area (Å²) >= 11 is 0. The quantitative estimate of drug-likeness (QED) is 0.769. The van der Waals surface area contributed by atoms with Gasteiger partial charge in [0.1, 0.15) is 0 Å². The molecular formula is C13H14O2. The number of aromatic hydroxyl groups is 1. The van der Waals surface area contributed by atoms with Gasteiger partial charge in [-0.05, 0) is 36.4 Å². The minimum Gasteiger partial charge on any atom is -0.504 e. The van der Waals surface area contributed by atoms with E-state index in [0.29, 0.717) is 5.75 Å². The molecule has 0 aliphatic carbocycles. The first kappa shape index (κ1) is 9.84. The summed E-state index contributed by atoms with van der Waals surface area (Å²) in [5, 5.41) is 11.9. The van der Waals surface area contributed by atoms with E-state index in [0.717, 1.165) is 16.3 Å². The van der Waals surface area contributed by atoms with Gasteiger partial charge in [0.2, 0.25) is 0 Å². The Labute approximate surface area is 89.1 Å². The Hall–Kier alpha value is -1.70. The minimum atomic E-state index is 0.224. The molecular weight excluding hydrogens is 188 g/mol. The Balaban J connectivity index is 2.93. The van der Waals surface area contributed by atoms with Gasteiger partial charge in [-0.25, -0.2) is 0 Å². The summed E-state index contributed by atoms with van der Waals surface area (Å²) in [6.45, 7) is 4.07. The van der Waals surface area contributed by atoms with Gasteiger partial charge in [-0.2, -0.15) is 0 Å². The van der Waals surface area contributed by atoms with Gasteiger partial charge in [-0.1, -0.05) is 18.2 Å². The summed E-state index contributed by atoms with van der Waals surface area (Å²) in [5.41, 5.74) is 2.29. The molecule has 0 aliphatic rings. The van der Waals surface area contributed by atoms with Crippen LogP contribution in [0.25, 0.3) is 10.8 Å². The fourth-order valence-electron chi connectivity index (χ4n) is 2.01. The Kier molecular flexibility index (Phi) is 2.27. The number of rotatable bonds is 1. The number of methoxy groups -OCH3 is 1. The maximum Gasteiger partial charge on any atom is 0.165 e. The second-order valence-electron chi connectivity index (χ2n) is 3.74. The molecule has 1 N–H and O–H groups in total. The number of phenols is 1. The van der Waals surface area contributed by atoms with Crippen LogP contribution in [0.2, 0.25) is 0 Å². The van der Waals surface area contributed by atoms with Crippen LogP contribution >= 0.6 is 0 Å². The predicted molar refractivity (Wildman–Crippen MR) is 61.6 cm³/mol. The standard InChI is InChI=1S/C13H14O2/c1-8-5-4-6-10-12(8)9(2)7-11(15-3)13(10)14/h4-7,14H,1-3H3. The molecule has 2 nitrogen and oxygen atoms in total. The summed E-state index contributed by atoms with van der Waals surface area (Å²) in [6, 6.07) is 7.76. The number of aryl methyl sites for hydroxylation is 2. The third-order valence-corrected chi connectivity index (χ3v) is 2.72. The van der Waals surface area contributed by atoms with E-state index >= 15 is 0 Å².